The van der Waals surface area contributed by atoms with Crippen LogP contribution >= 0.6 is 15.9 Å². The van der Waals surface area contributed by atoms with Crippen molar-refractivity contribution in [2.24, 2.45) is 0 Å². The standard InChI is InChI=1S/C14H8BrN3O/c15-9-6-7-11-12(8-9)18(14(19)13(11)17-16)10-4-2-1-3-5-10/h1-8H. The molecule has 0 saturated carbocycles. The van der Waals surface area contributed by atoms with Gasteiger partial charge in [-0.2, -0.15) is 4.79 Å². The van der Waals surface area contributed by atoms with Crippen LogP contribution in [0.5, 0.6) is 0 Å². The molecule has 1 heterocycles. The monoisotopic (exact) mass is 313 g/mol. The average molecular weight is 314 g/mol. The zero-order chi connectivity index (χ0) is 13.4. The first-order chi connectivity index (χ1) is 9.22. The lowest BCUT2D eigenvalue weighted by molar-refractivity contribution is -0.115. The SMILES string of the molecule is [N-]=[N+]=C1C(=O)N(c2ccccc2)c2cc(Br)ccc21. The van der Waals surface area contributed by atoms with E-state index in [0.29, 0.717) is 11.3 Å². The van der Waals surface area contributed by atoms with Crippen molar-refractivity contribution in [3.63, 3.8) is 0 Å². The van der Waals surface area contributed by atoms with Crippen LogP contribution in [0.2, 0.25) is 0 Å². The summed E-state index contributed by atoms with van der Waals surface area (Å²) in [5, 5.41) is 0. The molecular weight excluding hydrogens is 306 g/mol. The molecule has 0 unspecified atom stereocenters. The van der Waals surface area contributed by atoms with Crippen molar-refractivity contribution in [3.8, 4) is 0 Å². The van der Waals surface area contributed by atoms with Gasteiger partial charge in [0.05, 0.1) is 11.3 Å². The van der Waals surface area contributed by atoms with Gasteiger partial charge in [0.25, 0.3) is 0 Å². The van der Waals surface area contributed by atoms with Crippen LogP contribution in [0, 0.1) is 0 Å². The van der Waals surface area contributed by atoms with Gasteiger partial charge in [0.15, 0.2) is 0 Å². The molecular formula is C14H8BrN3O. The van der Waals surface area contributed by atoms with Gasteiger partial charge in [-0.25, -0.2) is 0 Å². The minimum atomic E-state index is -0.332. The minimum Gasteiger partial charge on any atom is -0.361 e. The quantitative estimate of drug-likeness (QED) is 0.589. The molecule has 0 fully saturated rings. The van der Waals surface area contributed by atoms with Crippen LogP contribution in [-0.4, -0.2) is 16.4 Å². The van der Waals surface area contributed by atoms with Gasteiger partial charge in [-0.15, -0.1) is 0 Å². The largest absolute Gasteiger partial charge is 0.389 e. The van der Waals surface area contributed by atoms with E-state index in [-0.39, 0.29) is 11.6 Å². The van der Waals surface area contributed by atoms with Crippen molar-refractivity contribution >= 4 is 38.9 Å². The summed E-state index contributed by atoms with van der Waals surface area (Å²) in [4.78, 5) is 17.0. The van der Waals surface area contributed by atoms with E-state index in [2.05, 4.69) is 20.7 Å². The molecule has 3 rings (SSSR count). The number of benzene rings is 2. The maximum atomic E-state index is 12.3. The topological polar surface area (TPSA) is 56.7 Å². The van der Waals surface area contributed by atoms with Gasteiger partial charge in [-0.1, -0.05) is 34.1 Å². The van der Waals surface area contributed by atoms with E-state index in [4.69, 9.17) is 5.53 Å². The van der Waals surface area contributed by atoms with E-state index in [0.717, 1.165) is 10.2 Å². The number of hydrogen-bond acceptors (Lipinski definition) is 1. The Kier molecular flexibility index (Phi) is 2.78. The van der Waals surface area contributed by atoms with E-state index < -0.39 is 0 Å². The Bertz CT molecular complexity index is 721. The molecule has 0 spiro atoms. The van der Waals surface area contributed by atoms with Crippen molar-refractivity contribution < 1.29 is 9.58 Å². The van der Waals surface area contributed by atoms with E-state index in [9.17, 15) is 4.79 Å². The second kappa shape index (κ2) is 4.46. The Morgan fingerprint density at radius 3 is 2.53 bits per heavy atom. The highest BCUT2D eigenvalue weighted by molar-refractivity contribution is 9.10. The molecule has 2 aromatic rings. The lowest BCUT2D eigenvalue weighted by atomic mass is 10.1. The van der Waals surface area contributed by atoms with Gasteiger partial charge in [0, 0.05) is 10.2 Å². The molecule has 0 N–H and O–H groups in total. The van der Waals surface area contributed by atoms with Crippen molar-refractivity contribution in [1.29, 1.82) is 0 Å². The zero-order valence-corrected chi connectivity index (χ0v) is 11.3. The zero-order valence-electron chi connectivity index (χ0n) is 9.75. The molecule has 1 aliphatic heterocycles. The summed E-state index contributed by atoms with van der Waals surface area (Å²) < 4.78 is 0.860. The number of rotatable bonds is 1. The van der Waals surface area contributed by atoms with Crippen LogP contribution < -0.4 is 4.90 Å². The molecule has 0 aliphatic carbocycles. The molecule has 2 aromatic carbocycles. The molecule has 0 saturated heterocycles. The van der Waals surface area contributed by atoms with Crippen molar-refractivity contribution in [2.45, 2.75) is 0 Å². The first kappa shape index (κ1) is 11.8. The third kappa shape index (κ3) is 1.80. The Morgan fingerprint density at radius 2 is 1.84 bits per heavy atom. The molecule has 0 atom stereocenters. The van der Waals surface area contributed by atoms with Gasteiger partial charge in [-0.3, -0.25) is 9.69 Å². The number of carbonyl (C=O) groups excluding carboxylic acids is 1. The number of anilines is 2. The number of carbonyl (C=O) groups is 1. The lowest BCUT2D eigenvalue weighted by Gasteiger charge is -2.15. The third-order valence-corrected chi connectivity index (χ3v) is 3.47. The molecule has 92 valence electrons. The first-order valence-electron chi connectivity index (χ1n) is 5.64. The maximum Gasteiger partial charge on any atom is 0.389 e. The van der Waals surface area contributed by atoms with Crippen LogP contribution in [0.15, 0.2) is 53.0 Å². The first-order valence-corrected chi connectivity index (χ1v) is 6.43. The van der Waals surface area contributed by atoms with Gasteiger partial charge in [0.2, 0.25) is 0 Å². The number of halogens is 1. The number of para-hydroxylation sites is 1. The van der Waals surface area contributed by atoms with E-state index in [1.54, 1.807) is 6.07 Å². The number of amides is 1. The van der Waals surface area contributed by atoms with Gasteiger partial charge < -0.3 is 5.53 Å². The summed E-state index contributed by atoms with van der Waals surface area (Å²) in [6.45, 7) is 0. The number of hydrogen-bond donors (Lipinski definition) is 0. The van der Waals surface area contributed by atoms with Crippen LogP contribution in [0.25, 0.3) is 5.53 Å². The van der Waals surface area contributed by atoms with Crippen LogP contribution in [0.4, 0.5) is 11.4 Å². The summed E-state index contributed by atoms with van der Waals surface area (Å²) in [7, 11) is 0. The lowest BCUT2D eigenvalue weighted by Crippen LogP contribution is -2.25. The summed E-state index contributed by atoms with van der Waals surface area (Å²) in [5.41, 5.74) is 11.2. The predicted octanol–water partition coefficient (Wildman–Crippen LogP) is 3.15. The Morgan fingerprint density at radius 1 is 1.11 bits per heavy atom. The van der Waals surface area contributed by atoms with E-state index in [1.807, 2.05) is 42.5 Å². The molecule has 19 heavy (non-hydrogen) atoms. The fourth-order valence-corrected chi connectivity index (χ4v) is 2.50. The van der Waals surface area contributed by atoms with Crippen molar-refractivity contribution in [1.82, 2.24) is 0 Å². The highest BCUT2D eigenvalue weighted by atomic mass is 79.9. The number of nitrogens with zero attached hydrogens (tertiary/aromatic N) is 3. The molecule has 0 aromatic heterocycles. The maximum absolute atomic E-state index is 12.3. The van der Waals surface area contributed by atoms with Crippen molar-refractivity contribution in [2.75, 3.05) is 4.90 Å². The van der Waals surface area contributed by atoms with Crippen LogP contribution in [0.1, 0.15) is 5.56 Å². The third-order valence-electron chi connectivity index (χ3n) is 2.98. The fraction of sp³-hybridized carbons (Fsp3) is 0. The Hall–Kier alpha value is -2.23. The summed E-state index contributed by atoms with van der Waals surface area (Å²) >= 11 is 3.39. The molecule has 1 amide bonds. The average Bonchev–Trinajstić information content (AvgIpc) is 2.70. The minimum absolute atomic E-state index is 0.0614. The smallest absolute Gasteiger partial charge is 0.361 e. The predicted molar refractivity (Wildman–Crippen MR) is 75.5 cm³/mol. The van der Waals surface area contributed by atoms with Gasteiger partial charge >= 0.3 is 11.6 Å². The Balaban J connectivity index is 2.26. The van der Waals surface area contributed by atoms with Crippen LogP contribution in [-0.2, 0) is 4.79 Å². The highest BCUT2D eigenvalue weighted by Gasteiger charge is 2.41. The highest BCUT2D eigenvalue weighted by Crippen LogP contribution is 2.36. The molecule has 0 bridgehead atoms. The second-order valence-electron chi connectivity index (χ2n) is 4.09. The van der Waals surface area contributed by atoms with Gasteiger partial charge in [0.1, 0.15) is 0 Å². The van der Waals surface area contributed by atoms with Crippen LogP contribution in [0.3, 0.4) is 0 Å². The second-order valence-corrected chi connectivity index (χ2v) is 5.00. The van der Waals surface area contributed by atoms with Crippen molar-refractivity contribution in [3.05, 3.63) is 64.1 Å². The molecule has 1 aliphatic rings. The number of fused-ring (bicyclic) bond motifs is 1. The molecule has 5 heteroatoms. The summed E-state index contributed by atoms with van der Waals surface area (Å²) in [5.74, 6) is -0.332. The van der Waals surface area contributed by atoms with Gasteiger partial charge in [-0.05, 0) is 30.3 Å². The molecule has 0 radical (unpaired) electrons. The fourth-order valence-electron chi connectivity index (χ4n) is 2.15. The van der Waals surface area contributed by atoms with E-state index in [1.165, 1.54) is 4.90 Å². The molecule has 4 nitrogen and oxygen atoms in total. The van der Waals surface area contributed by atoms with E-state index >= 15 is 0 Å². The summed E-state index contributed by atoms with van der Waals surface area (Å²) in [6, 6.07) is 14.7. The Labute approximate surface area is 118 Å². The normalized spacial score (nSPS) is 13.4. The summed E-state index contributed by atoms with van der Waals surface area (Å²) in [6.07, 6.45) is 0.